The van der Waals surface area contributed by atoms with E-state index in [2.05, 4.69) is 11.4 Å². The van der Waals surface area contributed by atoms with Gasteiger partial charge in [0.05, 0.1) is 0 Å². The molecule has 0 aliphatic rings. The van der Waals surface area contributed by atoms with Crippen molar-refractivity contribution in [2.24, 2.45) is 0 Å². The summed E-state index contributed by atoms with van der Waals surface area (Å²) in [5.74, 6) is 0. The average molecular weight is 216 g/mol. The maximum absolute atomic E-state index is 11.4. The Hall–Kier alpha value is -1.27. The molecular formula is C3AlF3O6. The molecule has 0 fully saturated rings. The van der Waals surface area contributed by atoms with E-state index < -0.39 is 33.8 Å². The predicted octanol–water partition coefficient (Wildman–Crippen LogP) is 1.29. The summed E-state index contributed by atoms with van der Waals surface area (Å²) in [6.07, 6.45) is -7.46. The average Bonchev–Trinajstić information content (AvgIpc) is 1.80. The molecule has 0 unspecified atom stereocenters. The Bertz CT molecular complexity index is 193. The molecule has 0 aromatic carbocycles. The van der Waals surface area contributed by atoms with Gasteiger partial charge in [0.2, 0.25) is 0 Å². The molecule has 0 aromatic rings. The Morgan fingerprint density at radius 2 is 1.00 bits per heavy atom. The maximum atomic E-state index is 11.4. The summed E-state index contributed by atoms with van der Waals surface area (Å²) < 4.78 is 44.2. The van der Waals surface area contributed by atoms with Gasteiger partial charge in [0.1, 0.15) is 0 Å². The zero-order valence-corrected chi connectivity index (χ0v) is 6.82. The van der Waals surface area contributed by atoms with Crippen LogP contribution in [-0.2, 0) is 11.4 Å². The first-order valence-corrected chi connectivity index (χ1v) is 3.91. The summed E-state index contributed by atoms with van der Waals surface area (Å²) in [4.78, 5) is 28.6. The van der Waals surface area contributed by atoms with Gasteiger partial charge in [-0.15, -0.1) is 13.2 Å². The molecule has 0 aliphatic heterocycles. The number of hydrogen-bond acceptors (Lipinski definition) is 6. The van der Waals surface area contributed by atoms with Crippen LogP contribution in [0.1, 0.15) is 0 Å². The number of carbonyl (C=O) groups is 3. The standard InChI is InChI=1S/3CHFO2.Al/c3*2-1(3)4;/h3*(H,3,4);/q;;;+3/p-3. The fourth-order valence-electron chi connectivity index (χ4n) is 0.299. The van der Waals surface area contributed by atoms with Crippen LogP contribution < -0.4 is 0 Å². The Kier molecular flexibility index (Phi) is 4.87. The number of hydrogen-bond donors (Lipinski definition) is 0. The molecule has 0 bridgehead atoms. The molecule has 72 valence electrons. The molecule has 0 saturated carbocycles. The first-order chi connectivity index (χ1) is 5.91. The van der Waals surface area contributed by atoms with Crippen molar-refractivity contribution in [2.45, 2.75) is 0 Å². The normalized spacial score (nSPS) is 8.54. The lowest BCUT2D eigenvalue weighted by Gasteiger charge is -2.03. The quantitative estimate of drug-likeness (QED) is 0.522. The van der Waals surface area contributed by atoms with Gasteiger partial charge >= 0.3 is 33.8 Å². The fraction of sp³-hybridized carbons (Fsp3) is 0. The van der Waals surface area contributed by atoms with Crippen molar-refractivity contribution in [3.8, 4) is 0 Å². The van der Waals surface area contributed by atoms with Crippen LogP contribution in [0.2, 0.25) is 0 Å². The van der Waals surface area contributed by atoms with Gasteiger partial charge in [0.25, 0.3) is 0 Å². The minimum absolute atomic E-state index is 2.49. The summed E-state index contributed by atoms with van der Waals surface area (Å²) in [6.45, 7) is 0. The van der Waals surface area contributed by atoms with Crippen LogP contribution in [0.25, 0.3) is 0 Å². The van der Waals surface area contributed by atoms with E-state index in [9.17, 15) is 27.6 Å². The highest BCUT2D eigenvalue weighted by molar-refractivity contribution is 6.43. The number of carbonyl (C=O) groups excluding carboxylic acids is 3. The van der Waals surface area contributed by atoms with E-state index in [1.54, 1.807) is 0 Å². The third-order valence-corrected chi connectivity index (χ3v) is 1.70. The second kappa shape index (κ2) is 5.39. The summed E-state index contributed by atoms with van der Waals surface area (Å²) in [5.41, 5.74) is 0. The Balaban J connectivity index is 4.10. The second-order valence-electron chi connectivity index (χ2n) is 1.36. The minimum Gasteiger partial charge on any atom is -0.524 e. The molecule has 0 rings (SSSR count). The molecule has 0 aliphatic carbocycles. The third-order valence-electron chi connectivity index (χ3n) is 0.567. The van der Waals surface area contributed by atoms with Gasteiger partial charge in [-0.2, -0.15) is 0 Å². The van der Waals surface area contributed by atoms with E-state index in [-0.39, 0.29) is 0 Å². The molecule has 0 atom stereocenters. The molecule has 13 heavy (non-hydrogen) atoms. The Morgan fingerprint density at radius 3 is 1.15 bits per heavy atom. The fourth-order valence-corrected chi connectivity index (χ4v) is 0.897. The van der Waals surface area contributed by atoms with Gasteiger partial charge < -0.3 is 11.4 Å². The molecule has 6 nitrogen and oxygen atoms in total. The molecule has 0 saturated heterocycles. The van der Waals surface area contributed by atoms with E-state index in [1.807, 2.05) is 0 Å². The van der Waals surface area contributed by atoms with Crippen molar-refractivity contribution < 1.29 is 38.9 Å². The summed E-state index contributed by atoms with van der Waals surface area (Å²) >= 11 is -4.08. The number of rotatable bonds is 3. The van der Waals surface area contributed by atoms with Gasteiger partial charge in [-0.25, -0.2) is 14.4 Å². The summed E-state index contributed by atoms with van der Waals surface area (Å²) in [6, 6.07) is 0. The van der Waals surface area contributed by atoms with Crippen LogP contribution in [0.5, 0.6) is 0 Å². The zero-order chi connectivity index (χ0) is 10.4. The maximum Gasteiger partial charge on any atom is 1.21 e. The molecule has 0 aromatic heterocycles. The lowest BCUT2D eigenvalue weighted by molar-refractivity contribution is 0.103. The summed E-state index contributed by atoms with van der Waals surface area (Å²) in [5, 5.41) is 0. The van der Waals surface area contributed by atoms with Crippen LogP contribution in [-0.4, -0.2) is 33.8 Å². The molecule has 10 heteroatoms. The van der Waals surface area contributed by atoms with E-state index >= 15 is 0 Å². The highest BCUT2D eigenvalue weighted by Gasteiger charge is 2.50. The van der Waals surface area contributed by atoms with E-state index in [4.69, 9.17) is 0 Å². The van der Waals surface area contributed by atoms with Crippen LogP contribution >= 0.6 is 0 Å². The van der Waals surface area contributed by atoms with Crippen LogP contribution in [0, 0.1) is 0 Å². The molecular weight excluding hydrogens is 216 g/mol. The van der Waals surface area contributed by atoms with Crippen LogP contribution in [0.3, 0.4) is 0 Å². The van der Waals surface area contributed by atoms with E-state index in [0.29, 0.717) is 0 Å². The topological polar surface area (TPSA) is 78.9 Å². The van der Waals surface area contributed by atoms with Crippen LogP contribution in [0.4, 0.5) is 27.6 Å². The lowest BCUT2D eigenvalue weighted by Crippen LogP contribution is -2.30. The SMILES string of the molecule is O=C(F)[O][Al]([O]C(=O)F)[O]C(=O)F. The van der Waals surface area contributed by atoms with E-state index in [1.165, 1.54) is 0 Å². The second-order valence-corrected chi connectivity index (χ2v) is 2.64. The minimum atomic E-state index is -4.08. The first-order valence-electron chi connectivity index (χ1n) is 2.50. The Labute approximate surface area is 73.6 Å². The lowest BCUT2D eigenvalue weighted by atomic mass is 11.5. The molecule has 0 heterocycles. The van der Waals surface area contributed by atoms with Crippen LogP contribution in [0.15, 0.2) is 0 Å². The van der Waals surface area contributed by atoms with E-state index in [0.717, 1.165) is 0 Å². The Morgan fingerprint density at radius 1 is 0.769 bits per heavy atom. The summed E-state index contributed by atoms with van der Waals surface area (Å²) in [7, 11) is 0. The van der Waals surface area contributed by atoms with Gasteiger partial charge in [0.15, 0.2) is 0 Å². The zero-order valence-electron chi connectivity index (χ0n) is 5.66. The van der Waals surface area contributed by atoms with Crippen molar-refractivity contribution in [2.75, 3.05) is 0 Å². The molecule has 0 amide bonds. The van der Waals surface area contributed by atoms with Crippen molar-refractivity contribution in [3.05, 3.63) is 0 Å². The number of halogens is 3. The third kappa shape index (κ3) is 7.11. The largest absolute Gasteiger partial charge is 1.21 e. The van der Waals surface area contributed by atoms with Gasteiger partial charge in [-0.3, -0.25) is 0 Å². The predicted molar refractivity (Wildman–Crippen MR) is 28.5 cm³/mol. The molecule has 0 N–H and O–H groups in total. The highest BCUT2D eigenvalue weighted by atomic mass is 27.3. The van der Waals surface area contributed by atoms with Crippen molar-refractivity contribution in [1.82, 2.24) is 0 Å². The van der Waals surface area contributed by atoms with Crippen molar-refractivity contribution in [3.63, 3.8) is 0 Å². The molecule has 0 spiro atoms. The van der Waals surface area contributed by atoms with Crippen molar-refractivity contribution in [1.29, 1.82) is 0 Å². The van der Waals surface area contributed by atoms with Gasteiger partial charge in [-0.05, 0) is 0 Å². The molecule has 0 radical (unpaired) electrons. The van der Waals surface area contributed by atoms with Crippen molar-refractivity contribution >= 4 is 33.8 Å². The smallest absolute Gasteiger partial charge is 0.524 e. The van der Waals surface area contributed by atoms with Gasteiger partial charge in [0, 0.05) is 0 Å². The highest BCUT2D eigenvalue weighted by Crippen LogP contribution is 1.99. The first kappa shape index (κ1) is 11.7. The van der Waals surface area contributed by atoms with Gasteiger partial charge in [-0.1, -0.05) is 0 Å². The monoisotopic (exact) mass is 216 g/mol.